The number of hydrogen-bond acceptors (Lipinski definition) is 5. The van der Waals surface area contributed by atoms with Crippen LogP contribution in [0.3, 0.4) is 0 Å². The van der Waals surface area contributed by atoms with Crippen LogP contribution in [-0.4, -0.2) is 16.6 Å². The number of nitrogens with one attached hydrogen (secondary N) is 1. The number of amides is 1. The molecule has 1 amide bonds. The lowest BCUT2D eigenvalue weighted by molar-refractivity contribution is 0.0955. The Morgan fingerprint density at radius 3 is 2.69 bits per heavy atom. The van der Waals surface area contributed by atoms with Gasteiger partial charge in [-0.3, -0.25) is 9.78 Å². The van der Waals surface area contributed by atoms with E-state index in [0.29, 0.717) is 12.2 Å². The summed E-state index contributed by atoms with van der Waals surface area (Å²) in [4.78, 5) is 17.7. The van der Waals surface area contributed by atoms with Gasteiger partial charge in [0, 0.05) is 22.0 Å². The first-order valence-electron chi connectivity index (χ1n) is 9.15. The van der Waals surface area contributed by atoms with Crippen molar-refractivity contribution in [2.45, 2.75) is 13.5 Å². The van der Waals surface area contributed by atoms with Gasteiger partial charge in [-0.2, -0.15) is 5.10 Å². The first kappa shape index (κ1) is 18.8. The van der Waals surface area contributed by atoms with Gasteiger partial charge in [0.1, 0.15) is 17.9 Å². The molecule has 0 saturated carbocycles. The molecule has 5 nitrogen and oxygen atoms in total. The number of hydrazone groups is 1. The SMILES string of the molecule is C/C(=N/NC(=O)c1ccc(COc2cccc3cccnc23)cc1)c1cccs1. The second-order valence-electron chi connectivity index (χ2n) is 6.43. The highest BCUT2D eigenvalue weighted by atomic mass is 32.1. The number of carbonyl (C=O) groups excluding carboxylic acids is 1. The number of benzene rings is 2. The van der Waals surface area contributed by atoms with Crippen molar-refractivity contribution in [1.29, 1.82) is 0 Å². The number of rotatable bonds is 6. The van der Waals surface area contributed by atoms with Crippen molar-refractivity contribution in [3.8, 4) is 5.75 Å². The Kier molecular flexibility index (Phi) is 5.63. The van der Waals surface area contributed by atoms with Crippen LogP contribution in [0.25, 0.3) is 10.9 Å². The number of pyridine rings is 1. The monoisotopic (exact) mass is 401 g/mol. The summed E-state index contributed by atoms with van der Waals surface area (Å²) in [7, 11) is 0. The molecule has 0 aliphatic carbocycles. The molecule has 0 unspecified atom stereocenters. The predicted molar refractivity (Wildman–Crippen MR) is 117 cm³/mol. The minimum atomic E-state index is -0.244. The van der Waals surface area contributed by atoms with E-state index in [2.05, 4.69) is 15.5 Å². The quantitative estimate of drug-likeness (QED) is 0.364. The van der Waals surface area contributed by atoms with E-state index in [-0.39, 0.29) is 5.91 Å². The Morgan fingerprint density at radius 1 is 1.07 bits per heavy atom. The molecule has 2 heterocycles. The van der Waals surface area contributed by atoms with E-state index in [1.165, 1.54) is 0 Å². The highest BCUT2D eigenvalue weighted by molar-refractivity contribution is 7.12. The molecule has 0 radical (unpaired) electrons. The Morgan fingerprint density at radius 2 is 1.90 bits per heavy atom. The zero-order valence-electron chi connectivity index (χ0n) is 15.8. The highest BCUT2D eigenvalue weighted by Crippen LogP contribution is 2.23. The molecular weight excluding hydrogens is 382 g/mol. The number of hydrogen-bond donors (Lipinski definition) is 1. The van der Waals surface area contributed by atoms with E-state index in [1.807, 2.05) is 66.9 Å². The summed E-state index contributed by atoms with van der Waals surface area (Å²) in [6.45, 7) is 2.27. The zero-order chi connectivity index (χ0) is 20.1. The summed E-state index contributed by atoms with van der Waals surface area (Å²) in [6, 6.07) is 21.0. The van der Waals surface area contributed by atoms with Crippen LogP contribution < -0.4 is 10.2 Å². The Balaban J connectivity index is 1.39. The lowest BCUT2D eigenvalue weighted by Gasteiger charge is -2.09. The van der Waals surface area contributed by atoms with Crippen molar-refractivity contribution in [3.63, 3.8) is 0 Å². The standard InChI is InChI=1S/C23H19N3O2S/c1-16(21-8-4-14-29-21)25-26-23(27)19-11-9-17(10-12-19)15-28-20-7-2-5-18-6-3-13-24-22(18)20/h2-14H,15H2,1H3,(H,26,27)/b25-16-. The van der Waals surface area contributed by atoms with Crippen LogP contribution in [0, 0.1) is 0 Å². The van der Waals surface area contributed by atoms with Crippen LogP contribution in [0.4, 0.5) is 0 Å². The maximum atomic E-state index is 12.3. The molecule has 0 fully saturated rings. The maximum absolute atomic E-state index is 12.3. The molecule has 0 bridgehead atoms. The molecule has 4 aromatic rings. The van der Waals surface area contributed by atoms with Crippen LogP contribution in [0.2, 0.25) is 0 Å². The molecular formula is C23H19N3O2S. The van der Waals surface area contributed by atoms with Crippen molar-refractivity contribution < 1.29 is 9.53 Å². The molecule has 0 saturated heterocycles. The molecule has 1 N–H and O–H groups in total. The third-order valence-electron chi connectivity index (χ3n) is 4.41. The number of para-hydroxylation sites is 1. The number of carbonyl (C=O) groups is 1. The third kappa shape index (κ3) is 4.50. The summed E-state index contributed by atoms with van der Waals surface area (Å²) < 4.78 is 5.94. The average Bonchev–Trinajstić information content (AvgIpc) is 3.31. The van der Waals surface area contributed by atoms with E-state index in [1.54, 1.807) is 29.7 Å². The van der Waals surface area contributed by atoms with Gasteiger partial charge in [0.2, 0.25) is 0 Å². The number of fused-ring (bicyclic) bond motifs is 1. The van der Waals surface area contributed by atoms with Crippen molar-refractivity contribution in [3.05, 3.63) is 94.3 Å². The van der Waals surface area contributed by atoms with Crippen LogP contribution in [0.5, 0.6) is 5.75 Å². The van der Waals surface area contributed by atoms with Crippen molar-refractivity contribution >= 4 is 33.9 Å². The highest BCUT2D eigenvalue weighted by Gasteiger charge is 2.07. The molecule has 0 spiro atoms. The maximum Gasteiger partial charge on any atom is 0.271 e. The summed E-state index contributed by atoms with van der Waals surface area (Å²) in [5.74, 6) is 0.495. The molecule has 0 aliphatic heterocycles. The predicted octanol–water partition coefficient (Wildman–Crippen LogP) is 5.03. The topological polar surface area (TPSA) is 63.6 Å². The largest absolute Gasteiger partial charge is 0.487 e. The van der Waals surface area contributed by atoms with Gasteiger partial charge >= 0.3 is 0 Å². The number of thiophene rings is 1. The molecule has 2 aromatic heterocycles. The Bertz CT molecular complexity index is 1150. The van der Waals surface area contributed by atoms with Gasteiger partial charge < -0.3 is 4.74 Å². The van der Waals surface area contributed by atoms with Gasteiger partial charge in [0.15, 0.2) is 0 Å². The smallest absolute Gasteiger partial charge is 0.271 e. The van der Waals surface area contributed by atoms with Crippen LogP contribution >= 0.6 is 11.3 Å². The molecule has 144 valence electrons. The summed E-state index contributed by atoms with van der Waals surface area (Å²) in [5.41, 5.74) is 5.73. The second-order valence-corrected chi connectivity index (χ2v) is 7.38. The normalized spacial score (nSPS) is 11.4. The number of ether oxygens (including phenoxy) is 1. The van der Waals surface area contributed by atoms with Crippen molar-refractivity contribution in [1.82, 2.24) is 10.4 Å². The number of aromatic nitrogens is 1. The third-order valence-corrected chi connectivity index (χ3v) is 5.39. The fourth-order valence-electron chi connectivity index (χ4n) is 2.84. The zero-order valence-corrected chi connectivity index (χ0v) is 16.6. The lowest BCUT2D eigenvalue weighted by Crippen LogP contribution is -2.19. The van der Waals surface area contributed by atoms with E-state index < -0.39 is 0 Å². The number of nitrogens with zero attached hydrogens (tertiary/aromatic N) is 2. The average molecular weight is 401 g/mol. The van der Waals surface area contributed by atoms with Crippen molar-refractivity contribution in [2.24, 2.45) is 5.10 Å². The minimum Gasteiger partial charge on any atom is -0.487 e. The summed E-state index contributed by atoms with van der Waals surface area (Å²) >= 11 is 1.58. The van der Waals surface area contributed by atoms with Gasteiger partial charge in [-0.1, -0.05) is 36.4 Å². The van der Waals surface area contributed by atoms with Crippen LogP contribution in [0.1, 0.15) is 27.7 Å². The van der Waals surface area contributed by atoms with Gasteiger partial charge in [-0.15, -0.1) is 11.3 Å². The Labute approximate surface area is 172 Å². The van der Waals surface area contributed by atoms with E-state index in [4.69, 9.17) is 4.74 Å². The van der Waals surface area contributed by atoms with E-state index in [9.17, 15) is 4.79 Å². The summed E-state index contributed by atoms with van der Waals surface area (Å²) in [6.07, 6.45) is 1.76. The molecule has 6 heteroatoms. The summed E-state index contributed by atoms with van der Waals surface area (Å²) in [5, 5.41) is 7.18. The first-order chi connectivity index (χ1) is 14.2. The van der Waals surface area contributed by atoms with E-state index >= 15 is 0 Å². The van der Waals surface area contributed by atoms with Gasteiger partial charge in [0.05, 0.1) is 5.71 Å². The minimum absolute atomic E-state index is 0.244. The fraction of sp³-hybridized carbons (Fsp3) is 0.0870. The molecule has 0 aliphatic rings. The van der Waals surface area contributed by atoms with Gasteiger partial charge in [-0.25, -0.2) is 5.43 Å². The molecule has 4 rings (SSSR count). The first-order valence-corrected chi connectivity index (χ1v) is 10.0. The van der Waals surface area contributed by atoms with E-state index in [0.717, 1.165) is 32.8 Å². The van der Waals surface area contributed by atoms with Crippen LogP contribution in [0.15, 0.2) is 83.4 Å². The molecule has 0 atom stereocenters. The molecule has 2 aromatic carbocycles. The van der Waals surface area contributed by atoms with Gasteiger partial charge in [0.25, 0.3) is 5.91 Å². The fourth-order valence-corrected chi connectivity index (χ4v) is 3.52. The van der Waals surface area contributed by atoms with Crippen molar-refractivity contribution in [2.75, 3.05) is 0 Å². The Hall–Kier alpha value is -3.51. The van der Waals surface area contributed by atoms with Gasteiger partial charge in [-0.05, 0) is 48.2 Å². The second kappa shape index (κ2) is 8.67. The lowest BCUT2D eigenvalue weighted by atomic mass is 10.1. The molecule has 29 heavy (non-hydrogen) atoms. The van der Waals surface area contributed by atoms with Crippen LogP contribution in [-0.2, 0) is 6.61 Å².